The molecule has 1 unspecified atom stereocenters. The van der Waals surface area contributed by atoms with Gasteiger partial charge in [0.05, 0.1) is 0 Å². The Morgan fingerprint density at radius 1 is 1.42 bits per heavy atom. The van der Waals surface area contributed by atoms with E-state index in [1.165, 1.54) is 0 Å². The Bertz CT molecular complexity index is 421. The van der Waals surface area contributed by atoms with Crippen LogP contribution in [0.5, 0.6) is 0 Å². The maximum atomic E-state index is 8.84. The smallest absolute Gasteiger partial charge is 0.192 e. The molecule has 1 rings (SSSR count). The number of hydrogen-bond donors (Lipinski definition) is 2. The number of rotatable bonds is 7. The third-order valence-corrected chi connectivity index (χ3v) is 3.18. The zero-order valence-corrected chi connectivity index (χ0v) is 11.9. The maximum Gasteiger partial charge on any atom is 0.192 e. The first-order valence-electron chi connectivity index (χ1n) is 6.71. The van der Waals surface area contributed by atoms with E-state index in [2.05, 4.69) is 40.8 Å². The van der Waals surface area contributed by atoms with E-state index in [0.717, 1.165) is 25.8 Å². The molecule has 1 heterocycles. The predicted octanol–water partition coefficient (Wildman–Crippen LogP) is 1.98. The highest BCUT2D eigenvalue weighted by molar-refractivity contribution is 5.99. The van der Waals surface area contributed by atoms with E-state index in [0.29, 0.717) is 17.6 Å². The van der Waals surface area contributed by atoms with E-state index in [-0.39, 0.29) is 5.84 Å². The summed E-state index contributed by atoms with van der Waals surface area (Å²) in [6.07, 6.45) is 6.34. The van der Waals surface area contributed by atoms with Crippen molar-refractivity contribution in [2.24, 2.45) is 10.9 Å². The highest BCUT2D eigenvalue weighted by Crippen LogP contribution is 2.19. The number of anilines is 1. The summed E-state index contributed by atoms with van der Waals surface area (Å²) in [5.41, 5.74) is 6.11. The average molecular weight is 265 g/mol. The molecule has 0 aliphatic rings. The molecule has 1 atom stereocenters. The van der Waals surface area contributed by atoms with Crippen molar-refractivity contribution in [3.8, 4) is 0 Å². The Morgan fingerprint density at radius 2 is 2.11 bits per heavy atom. The van der Waals surface area contributed by atoms with Crippen LogP contribution in [-0.4, -0.2) is 33.6 Å². The first kappa shape index (κ1) is 15.2. The number of unbranched alkanes of at least 4 members (excludes halogenated alkanes) is 1. The fourth-order valence-electron chi connectivity index (χ4n) is 1.85. The minimum Gasteiger partial charge on any atom is -0.409 e. The predicted molar refractivity (Wildman–Crippen MR) is 76.5 cm³/mol. The molecule has 6 nitrogen and oxygen atoms in total. The third kappa shape index (κ3) is 3.81. The van der Waals surface area contributed by atoms with Gasteiger partial charge in [0.1, 0.15) is 0 Å². The Labute approximate surface area is 114 Å². The van der Waals surface area contributed by atoms with Gasteiger partial charge in [-0.1, -0.05) is 25.4 Å². The highest BCUT2D eigenvalue weighted by atomic mass is 16.4. The molecule has 0 amide bonds. The van der Waals surface area contributed by atoms with Crippen LogP contribution in [0.15, 0.2) is 17.5 Å². The molecule has 1 aromatic rings. The molecule has 0 saturated carbocycles. The Morgan fingerprint density at radius 3 is 2.68 bits per heavy atom. The van der Waals surface area contributed by atoms with Gasteiger partial charge in [0, 0.05) is 25.0 Å². The molecule has 1 aromatic heterocycles. The van der Waals surface area contributed by atoms with Crippen LogP contribution in [0.4, 0.5) is 5.82 Å². The molecular weight excluding hydrogens is 242 g/mol. The molecule has 0 aliphatic carbocycles. The van der Waals surface area contributed by atoms with Crippen molar-refractivity contribution in [3.63, 3.8) is 0 Å². The van der Waals surface area contributed by atoms with E-state index in [4.69, 9.17) is 10.9 Å². The quantitative estimate of drug-likeness (QED) is 0.340. The zero-order valence-electron chi connectivity index (χ0n) is 11.9. The second-order valence-electron chi connectivity index (χ2n) is 4.52. The molecule has 0 aliphatic heterocycles. The van der Waals surface area contributed by atoms with Gasteiger partial charge in [-0.25, -0.2) is 9.97 Å². The maximum absolute atomic E-state index is 8.84. The molecule has 0 radical (unpaired) electrons. The molecule has 6 heteroatoms. The van der Waals surface area contributed by atoms with Crippen molar-refractivity contribution >= 4 is 11.7 Å². The second kappa shape index (κ2) is 7.56. The van der Waals surface area contributed by atoms with Gasteiger partial charge in [0.25, 0.3) is 0 Å². The number of aromatic nitrogens is 2. The van der Waals surface area contributed by atoms with Crippen molar-refractivity contribution in [1.82, 2.24) is 9.97 Å². The lowest BCUT2D eigenvalue weighted by Crippen LogP contribution is -2.36. The summed E-state index contributed by atoms with van der Waals surface area (Å²) in [6.45, 7) is 7.30. The molecule has 0 bridgehead atoms. The number of nitrogens with zero attached hydrogens (tertiary/aromatic N) is 4. The third-order valence-electron chi connectivity index (χ3n) is 3.18. The molecule has 0 saturated heterocycles. The van der Waals surface area contributed by atoms with Crippen molar-refractivity contribution in [2.75, 3.05) is 11.4 Å². The van der Waals surface area contributed by atoms with Gasteiger partial charge in [-0.05, 0) is 19.8 Å². The van der Waals surface area contributed by atoms with Crippen LogP contribution < -0.4 is 10.6 Å². The largest absolute Gasteiger partial charge is 0.409 e. The average Bonchev–Trinajstić information content (AvgIpc) is 2.46. The summed E-state index contributed by atoms with van der Waals surface area (Å²) in [4.78, 5) is 10.7. The van der Waals surface area contributed by atoms with Crippen molar-refractivity contribution in [3.05, 3.63) is 18.1 Å². The van der Waals surface area contributed by atoms with Gasteiger partial charge < -0.3 is 15.8 Å². The van der Waals surface area contributed by atoms with Gasteiger partial charge in [0.15, 0.2) is 17.3 Å². The lowest BCUT2D eigenvalue weighted by Gasteiger charge is -2.30. The molecular formula is C13H23N5O. The summed E-state index contributed by atoms with van der Waals surface area (Å²) in [5, 5.41) is 11.9. The van der Waals surface area contributed by atoms with Crippen molar-refractivity contribution < 1.29 is 5.21 Å². The fraction of sp³-hybridized carbons (Fsp3) is 0.615. The van der Waals surface area contributed by atoms with Crippen LogP contribution in [0.3, 0.4) is 0 Å². The van der Waals surface area contributed by atoms with E-state index < -0.39 is 0 Å². The molecule has 0 spiro atoms. The topological polar surface area (TPSA) is 87.6 Å². The van der Waals surface area contributed by atoms with Gasteiger partial charge >= 0.3 is 0 Å². The second-order valence-corrected chi connectivity index (χ2v) is 4.52. The molecule has 3 N–H and O–H groups in total. The lowest BCUT2D eigenvalue weighted by atomic mass is 10.2. The van der Waals surface area contributed by atoms with E-state index in [1.54, 1.807) is 12.4 Å². The molecule has 19 heavy (non-hydrogen) atoms. The van der Waals surface area contributed by atoms with E-state index in [1.807, 2.05) is 0 Å². The van der Waals surface area contributed by atoms with Crippen LogP contribution in [0.25, 0.3) is 0 Å². The first-order valence-corrected chi connectivity index (χ1v) is 6.71. The summed E-state index contributed by atoms with van der Waals surface area (Å²) in [5.74, 6) is 0.675. The van der Waals surface area contributed by atoms with Crippen molar-refractivity contribution in [2.45, 2.75) is 46.1 Å². The Hall–Kier alpha value is -1.85. The SMILES string of the molecule is CCCCN(c1nccnc1C(N)=NO)C(C)CC. The van der Waals surface area contributed by atoms with Gasteiger partial charge in [-0.2, -0.15) is 0 Å². The Kier molecular flexibility index (Phi) is 6.05. The normalized spacial score (nSPS) is 13.3. The van der Waals surface area contributed by atoms with Gasteiger partial charge in [-0.15, -0.1) is 0 Å². The van der Waals surface area contributed by atoms with Crippen LogP contribution in [0, 0.1) is 0 Å². The highest BCUT2D eigenvalue weighted by Gasteiger charge is 2.20. The number of oxime groups is 1. The number of hydrogen-bond acceptors (Lipinski definition) is 5. The van der Waals surface area contributed by atoms with Gasteiger partial charge in [-0.3, -0.25) is 0 Å². The fourth-order valence-corrected chi connectivity index (χ4v) is 1.85. The van der Waals surface area contributed by atoms with Crippen LogP contribution >= 0.6 is 0 Å². The van der Waals surface area contributed by atoms with Crippen LogP contribution in [-0.2, 0) is 0 Å². The van der Waals surface area contributed by atoms with E-state index >= 15 is 0 Å². The summed E-state index contributed by atoms with van der Waals surface area (Å²) >= 11 is 0. The molecule has 0 aromatic carbocycles. The van der Waals surface area contributed by atoms with Crippen LogP contribution in [0.1, 0.15) is 45.7 Å². The van der Waals surface area contributed by atoms with E-state index in [9.17, 15) is 0 Å². The van der Waals surface area contributed by atoms with Crippen molar-refractivity contribution in [1.29, 1.82) is 0 Å². The Balaban J connectivity index is 3.14. The molecule has 106 valence electrons. The molecule has 0 fully saturated rings. The summed E-state index contributed by atoms with van der Waals surface area (Å²) in [6, 6.07) is 0.327. The van der Waals surface area contributed by atoms with Crippen LogP contribution in [0.2, 0.25) is 0 Å². The van der Waals surface area contributed by atoms with Gasteiger partial charge in [0.2, 0.25) is 0 Å². The minimum absolute atomic E-state index is 0.00657. The number of amidine groups is 1. The summed E-state index contributed by atoms with van der Waals surface area (Å²) < 4.78 is 0. The minimum atomic E-state index is -0.00657. The number of nitrogens with two attached hydrogens (primary N) is 1. The lowest BCUT2D eigenvalue weighted by molar-refractivity contribution is 0.318. The monoisotopic (exact) mass is 265 g/mol. The summed E-state index contributed by atoms with van der Waals surface area (Å²) in [7, 11) is 0. The zero-order chi connectivity index (χ0) is 14.3. The standard InChI is InChI=1S/C13H23N5O/c1-4-6-9-18(10(3)5-2)13-11(12(14)17-19)15-7-8-16-13/h7-8,10,19H,4-6,9H2,1-3H3,(H2,14,17). The first-order chi connectivity index (χ1) is 9.15.